The van der Waals surface area contributed by atoms with E-state index in [9.17, 15) is 12.8 Å². The first-order valence-electron chi connectivity index (χ1n) is 11.1. The molecule has 0 amide bonds. The molecule has 3 aromatic heterocycles. The molecule has 1 N–H and O–H groups in total. The minimum absolute atomic E-state index is 0.248. The fraction of sp³-hybridized carbons (Fsp3) is 0.160. The molecule has 1 saturated carbocycles. The van der Waals surface area contributed by atoms with Gasteiger partial charge in [0, 0.05) is 42.2 Å². The number of nitrogens with zero attached hydrogens (tertiary/aromatic N) is 5. The van der Waals surface area contributed by atoms with E-state index in [2.05, 4.69) is 19.8 Å². The Kier molecular flexibility index (Phi) is 4.92. The summed E-state index contributed by atoms with van der Waals surface area (Å²) in [5, 5.41) is 3.92. The lowest BCUT2D eigenvalue weighted by Crippen LogP contribution is -2.18. The van der Waals surface area contributed by atoms with Gasteiger partial charge in [0.25, 0.3) is 0 Å². The second-order valence-electron chi connectivity index (χ2n) is 8.60. The van der Waals surface area contributed by atoms with Crippen molar-refractivity contribution < 1.29 is 12.8 Å². The Morgan fingerprint density at radius 1 is 1.06 bits per heavy atom. The summed E-state index contributed by atoms with van der Waals surface area (Å²) in [4.78, 5) is 8.83. The molecule has 8 nitrogen and oxygen atoms in total. The van der Waals surface area contributed by atoms with Crippen molar-refractivity contribution in [1.29, 1.82) is 0 Å². The van der Waals surface area contributed by atoms with Crippen molar-refractivity contribution in [3.05, 3.63) is 79.3 Å². The molecule has 35 heavy (non-hydrogen) atoms. The first kappa shape index (κ1) is 21.5. The topological polar surface area (TPSA) is 94.7 Å². The summed E-state index contributed by atoms with van der Waals surface area (Å²) in [5.41, 5.74) is 4.82. The molecule has 5 aromatic rings. The molecule has 0 aliphatic heterocycles. The summed E-state index contributed by atoms with van der Waals surface area (Å²) in [6.07, 6.45) is 8.15. The van der Waals surface area contributed by atoms with Gasteiger partial charge in [-0.3, -0.25) is 14.0 Å². The van der Waals surface area contributed by atoms with Gasteiger partial charge < -0.3 is 0 Å². The quantitative estimate of drug-likeness (QED) is 0.379. The van der Waals surface area contributed by atoms with Gasteiger partial charge in [-0.15, -0.1) is 0 Å². The Balaban J connectivity index is 1.51. The summed E-state index contributed by atoms with van der Waals surface area (Å²) < 4.78 is 45.8. The van der Waals surface area contributed by atoms with E-state index in [0.717, 1.165) is 16.6 Å². The van der Waals surface area contributed by atoms with E-state index in [-0.39, 0.29) is 16.9 Å². The maximum absolute atomic E-state index is 15.0. The summed E-state index contributed by atoms with van der Waals surface area (Å²) in [6.45, 7) is 0. The smallest absolute Gasteiger partial charge is 0.236 e. The zero-order chi connectivity index (χ0) is 24.2. The maximum atomic E-state index is 15.0. The standard InChI is InChI=1S/C25H21FN6O2S/c1-31-14-16(13-29-31)19-8-9-22-25(24(19)20-4-2-3-5-21(20)26)28-15-32(22)17-10-11-27-23(12-17)30-35(33,34)18-6-7-18/h2-5,8-15,18H,6-7H2,1H3,(H,27,30). The van der Waals surface area contributed by atoms with Crippen LogP contribution in [0.25, 0.3) is 39.0 Å². The van der Waals surface area contributed by atoms with Crippen LogP contribution >= 0.6 is 0 Å². The second kappa shape index (κ2) is 8.02. The van der Waals surface area contributed by atoms with Crippen molar-refractivity contribution in [2.75, 3.05) is 4.72 Å². The molecule has 6 rings (SSSR count). The van der Waals surface area contributed by atoms with Gasteiger partial charge in [-0.05, 0) is 36.6 Å². The van der Waals surface area contributed by atoms with Crippen LogP contribution < -0.4 is 4.72 Å². The highest BCUT2D eigenvalue weighted by molar-refractivity contribution is 7.93. The van der Waals surface area contributed by atoms with Gasteiger partial charge in [0.1, 0.15) is 18.0 Å². The van der Waals surface area contributed by atoms with Gasteiger partial charge in [0.15, 0.2) is 0 Å². The van der Waals surface area contributed by atoms with E-state index in [1.54, 1.807) is 53.7 Å². The molecule has 0 saturated heterocycles. The molecule has 3 heterocycles. The predicted octanol–water partition coefficient (Wildman–Crippen LogP) is 4.53. The molecule has 10 heteroatoms. The van der Waals surface area contributed by atoms with E-state index in [0.29, 0.717) is 35.2 Å². The number of imidazole rings is 1. The van der Waals surface area contributed by atoms with Crippen molar-refractivity contribution in [3.8, 4) is 27.9 Å². The fourth-order valence-corrected chi connectivity index (χ4v) is 5.59. The van der Waals surface area contributed by atoms with Crippen LogP contribution in [0.2, 0.25) is 0 Å². The van der Waals surface area contributed by atoms with Crippen LogP contribution in [0.5, 0.6) is 0 Å². The summed E-state index contributed by atoms with van der Waals surface area (Å²) in [6, 6.07) is 13.9. The number of hydrogen-bond acceptors (Lipinski definition) is 5. The third kappa shape index (κ3) is 3.85. The first-order valence-corrected chi connectivity index (χ1v) is 12.7. The van der Waals surface area contributed by atoms with E-state index in [4.69, 9.17) is 0 Å². The average Bonchev–Trinajstić information content (AvgIpc) is 3.49. The van der Waals surface area contributed by atoms with Crippen molar-refractivity contribution in [2.45, 2.75) is 18.1 Å². The largest absolute Gasteiger partial charge is 0.299 e. The number of benzene rings is 2. The maximum Gasteiger partial charge on any atom is 0.236 e. The number of fused-ring (bicyclic) bond motifs is 1. The van der Waals surface area contributed by atoms with Crippen molar-refractivity contribution in [3.63, 3.8) is 0 Å². The molecule has 1 aliphatic carbocycles. The minimum atomic E-state index is -3.44. The number of aromatic nitrogens is 5. The van der Waals surface area contributed by atoms with Gasteiger partial charge in [-0.2, -0.15) is 5.10 Å². The Bertz CT molecular complexity index is 1690. The number of anilines is 1. The number of sulfonamides is 1. The highest BCUT2D eigenvalue weighted by Crippen LogP contribution is 2.39. The number of rotatable bonds is 6. The lowest BCUT2D eigenvalue weighted by Gasteiger charge is -2.12. The van der Waals surface area contributed by atoms with Gasteiger partial charge in [0.2, 0.25) is 10.0 Å². The number of nitrogens with one attached hydrogen (secondary N) is 1. The summed E-state index contributed by atoms with van der Waals surface area (Å²) >= 11 is 0. The minimum Gasteiger partial charge on any atom is -0.299 e. The Morgan fingerprint density at radius 3 is 2.63 bits per heavy atom. The summed E-state index contributed by atoms with van der Waals surface area (Å²) in [5.74, 6) is -0.0991. The van der Waals surface area contributed by atoms with Crippen LogP contribution in [-0.2, 0) is 17.1 Å². The highest BCUT2D eigenvalue weighted by atomic mass is 32.2. The van der Waals surface area contributed by atoms with Gasteiger partial charge in [-0.1, -0.05) is 24.3 Å². The van der Waals surface area contributed by atoms with Gasteiger partial charge in [-0.25, -0.2) is 22.8 Å². The van der Waals surface area contributed by atoms with E-state index >= 15 is 0 Å². The second-order valence-corrected chi connectivity index (χ2v) is 10.6. The average molecular weight is 489 g/mol. The molecular weight excluding hydrogens is 467 g/mol. The van der Waals surface area contributed by atoms with Crippen LogP contribution in [0.1, 0.15) is 12.8 Å². The predicted molar refractivity (Wildman–Crippen MR) is 132 cm³/mol. The lowest BCUT2D eigenvalue weighted by molar-refractivity contribution is 0.600. The number of pyridine rings is 1. The van der Waals surface area contributed by atoms with Crippen LogP contribution in [0.15, 0.2) is 73.4 Å². The first-order chi connectivity index (χ1) is 16.9. The van der Waals surface area contributed by atoms with Crippen molar-refractivity contribution in [1.82, 2.24) is 24.3 Å². The zero-order valence-corrected chi connectivity index (χ0v) is 19.6. The molecule has 0 spiro atoms. The third-order valence-electron chi connectivity index (χ3n) is 6.11. The number of aryl methyl sites for hydroxylation is 1. The van der Waals surface area contributed by atoms with Gasteiger partial charge in [0.05, 0.1) is 28.2 Å². The van der Waals surface area contributed by atoms with E-state index < -0.39 is 10.0 Å². The summed E-state index contributed by atoms with van der Waals surface area (Å²) in [7, 11) is -1.61. The molecule has 0 bridgehead atoms. The number of hydrogen-bond donors (Lipinski definition) is 1. The monoisotopic (exact) mass is 488 g/mol. The molecule has 0 unspecified atom stereocenters. The zero-order valence-electron chi connectivity index (χ0n) is 18.8. The van der Waals surface area contributed by atoms with E-state index in [1.165, 1.54) is 6.07 Å². The Hall–Kier alpha value is -4.05. The Morgan fingerprint density at radius 2 is 1.89 bits per heavy atom. The molecule has 1 fully saturated rings. The molecule has 176 valence electrons. The van der Waals surface area contributed by atoms with E-state index in [1.807, 2.05) is 29.9 Å². The van der Waals surface area contributed by atoms with Crippen LogP contribution in [0.3, 0.4) is 0 Å². The van der Waals surface area contributed by atoms with Crippen LogP contribution in [-0.4, -0.2) is 38.0 Å². The van der Waals surface area contributed by atoms with Crippen molar-refractivity contribution >= 4 is 26.9 Å². The molecule has 1 aliphatic rings. The van der Waals surface area contributed by atoms with Crippen LogP contribution in [0.4, 0.5) is 10.2 Å². The molecule has 0 radical (unpaired) electrons. The molecule has 2 aromatic carbocycles. The normalized spacial score (nSPS) is 13.9. The third-order valence-corrected chi connectivity index (χ3v) is 7.95. The van der Waals surface area contributed by atoms with Crippen molar-refractivity contribution in [2.24, 2.45) is 7.05 Å². The lowest BCUT2D eigenvalue weighted by atomic mass is 9.94. The number of halogens is 1. The van der Waals surface area contributed by atoms with Crippen LogP contribution in [0, 0.1) is 5.82 Å². The highest BCUT2D eigenvalue weighted by Gasteiger charge is 2.36. The Labute approximate surface area is 201 Å². The molecular formula is C25H21FN6O2S. The molecule has 0 atom stereocenters. The SMILES string of the molecule is Cn1cc(-c2ccc3c(ncn3-c3ccnc(NS(=O)(=O)C4CC4)c3)c2-c2ccccc2F)cn1. The fourth-order valence-electron chi connectivity index (χ4n) is 4.26. The van der Waals surface area contributed by atoms with Gasteiger partial charge >= 0.3 is 0 Å².